The van der Waals surface area contributed by atoms with Crippen LogP contribution in [0.25, 0.3) is 21.9 Å². The van der Waals surface area contributed by atoms with Crippen LogP contribution in [0.1, 0.15) is 18.4 Å². The van der Waals surface area contributed by atoms with E-state index in [1.165, 1.54) is 11.3 Å². The second-order valence-electron chi connectivity index (χ2n) is 11.5. The van der Waals surface area contributed by atoms with Crippen molar-refractivity contribution < 1.29 is 17.3 Å². The number of allylic oxidation sites excluding steroid dienone is 2. The Balaban J connectivity index is 1.41. The van der Waals surface area contributed by atoms with E-state index in [2.05, 4.69) is 29.2 Å². The van der Waals surface area contributed by atoms with E-state index < -0.39 is 15.8 Å². The Kier molecular flexibility index (Phi) is 7.77. The first kappa shape index (κ1) is 30.1. The zero-order valence-corrected chi connectivity index (χ0v) is 27.6. The third-order valence-electron chi connectivity index (χ3n) is 8.42. The monoisotopic (exact) mass is 659 g/mol. The van der Waals surface area contributed by atoms with Gasteiger partial charge in [0.05, 0.1) is 27.9 Å². The number of rotatable bonds is 6. The summed E-state index contributed by atoms with van der Waals surface area (Å²) in [5.74, 6) is 0. The fourth-order valence-corrected chi connectivity index (χ4v) is 9.55. The van der Waals surface area contributed by atoms with Crippen molar-refractivity contribution in [3.8, 4) is 0 Å². The van der Waals surface area contributed by atoms with Gasteiger partial charge in [-0.1, -0.05) is 65.9 Å². The molecule has 1 saturated heterocycles. The standard InChI is InChI=1S/C34H33N3O5S3/c1-23-12-15-26(16-13-23)45(39,40)42-34(18-6-7-19-35(34)2)21-29-37(22-25-10-8-20-41-25)32(38)31(44-29)33-36(3)30-27-11-5-4-9-24(27)14-17-28(30)43-33/h4-7,9,11-19,21,25H,8,10,20,22H2,1-3H3. The maximum Gasteiger partial charge on any atom is 0.299 e. The van der Waals surface area contributed by atoms with Gasteiger partial charge in [-0.3, -0.25) is 9.36 Å². The molecule has 11 heteroatoms. The Morgan fingerprint density at radius 2 is 1.87 bits per heavy atom. The maximum absolute atomic E-state index is 14.3. The molecule has 8 nitrogen and oxygen atoms in total. The molecule has 4 heterocycles. The van der Waals surface area contributed by atoms with E-state index in [4.69, 9.17) is 8.92 Å². The minimum atomic E-state index is -4.19. The largest absolute Gasteiger partial charge is 0.376 e. The molecular weight excluding hydrogens is 627 g/mol. The molecule has 1 aromatic heterocycles. The molecule has 2 atom stereocenters. The molecule has 1 fully saturated rings. The average Bonchev–Trinajstić information content (AvgIpc) is 3.74. The number of aryl methyl sites for hydroxylation is 1. The molecule has 0 radical (unpaired) electrons. The van der Waals surface area contributed by atoms with Crippen LogP contribution < -0.4 is 19.7 Å². The van der Waals surface area contributed by atoms with Crippen LogP contribution in [0.3, 0.4) is 0 Å². The molecule has 0 saturated carbocycles. The van der Waals surface area contributed by atoms with Gasteiger partial charge in [-0.05, 0) is 55.5 Å². The lowest BCUT2D eigenvalue weighted by Gasteiger charge is -2.36. The zero-order chi connectivity index (χ0) is 31.3. The summed E-state index contributed by atoms with van der Waals surface area (Å²) in [6.45, 7) is 2.92. The van der Waals surface area contributed by atoms with Crippen LogP contribution >= 0.6 is 23.1 Å². The second kappa shape index (κ2) is 11.6. The number of likely N-dealkylation sites (N-methyl/N-ethyl adjacent to an activating group) is 1. The van der Waals surface area contributed by atoms with Crippen molar-refractivity contribution in [1.29, 1.82) is 0 Å². The van der Waals surface area contributed by atoms with Gasteiger partial charge >= 0.3 is 0 Å². The topological polar surface area (TPSA) is 81.1 Å². The van der Waals surface area contributed by atoms with E-state index in [1.807, 2.05) is 32.2 Å². The molecule has 45 heavy (non-hydrogen) atoms. The predicted octanol–water partition coefficient (Wildman–Crippen LogP) is 4.76. The molecular formula is C34H33N3O5S3. The Hall–Kier alpha value is -3.61. The van der Waals surface area contributed by atoms with E-state index in [9.17, 15) is 13.2 Å². The number of thioether (sulfide) groups is 1. The minimum absolute atomic E-state index is 0.0605. The number of benzene rings is 3. The van der Waals surface area contributed by atoms with Crippen LogP contribution in [0.5, 0.6) is 0 Å². The number of fused-ring (bicyclic) bond motifs is 3. The summed E-state index contributed by atoms with van der Waals surface area (Å²) in [7, 11) is -0.437. The third-order valence-corrected chi connectivity index (χ3v) is 12.2. The third kappa shape index (κ3) is 5.46. The summed E-state index contributed by atoms with van der Waals surface area (Å²) in [5.41, 5.74) is 0.368. The van der Waals surface area contributed by atoms with Gasteiger partial charge in [0, 0.05) is 43.3 Å². The Morgan fingerprint density at radius 3 is 2.62 bits per heavy atom. The lowest BCUT2D eigenvalue weighted by molar-refractivity contribution is 0.0658. The van der Waals surface area contributed by atoms with Gasteiger partial charge in [0.25, 0.3) is 15.7 Å². The molecule has 0 amide bonds. The molecule has 3 aliphatic heterocycles. The molecule has 7 rings (SSSR count). The van der Waals surface area contributed by atoms with Gasteiger partial charge in [-0.15, -0.1) is 11.3 Å². The highest BCUT2D eigenvalue weighted by atomic mass is 32.2. The van der Waals surface area contributed by atoms with Crippen molar-refractivity contribution >= 4 is 60.8 Å². The van der Waals surface area contributed by atoms with Crippen molar-refractivity contribution in [3.63, 3.8) is 0 Å². The number of thiazole rings is 1. The number of hydrogen-bond donors (Lipinski definition) is 0. The molecule has 0 spiro atoms. The predicted molar refractivity (Wildman–Crippen MR) is 181 cm³/mol. The van der Waals surface area contributed by atoms with E-state index in [1.54, 1.807) is 77.0 Å². The number of nitrogens with zero attached hydrogens (tertiary/aromatic N) is 3. The fourth-order valence-electron chi connectivity index (χ4n) is 5.94. The van der Waals surface area contributed by atoms with Gasteiger partial charge in [-0.2, -0.15) is 8.42 Å². The van der Waals surface area contributed by atoms with Crippen LogP contribution in [-0.4, -0.2) is 50.4 Å². The molecule has 3 aliphatic rings. The van der Waals surface area contributed by atoms with Gasteiger partial charge in [-0.25, -0.2) is 4.18 Å². The summed E-state index contributed by atoms with van der Waals surface area (Å²) >= 11 is 2.92. The van der Waals surface area contributed by atoms with E-state index in [-0.39, 0.29) is 16.6 Å². The van der Waals surface area contributed by atoms with Crippen molar-refractivity contribution in [2.24, 2.45) is 0 Å². The quantitative estimate of drug-likeness (QED) is 0.275. The lowest BCUT2D eigenvalue weighted by Crippen LogP contribution is -2.47. The van der Waals surface area contributed by atoms with Gasteiger partial charge in [0.2, 0.25) is 5.72 Å². The summed E-state index contributed by atoms with van der Waals surface area (Å²) < 4.78 is 42.2. The van der Waals surface area contributed by atoms with Crippen LogP contribution in [0.4, 0.5) is 5.69 Å². The Morgan fingerprint density at radius 1 is 1.07 bits per heavy atom. The first-order valence-corrected chi connectivity index (χ1v) is 17.8. The SMILES string of the molecule is Cc1ccc(S(=O)(=O)OC2(C=c3sc(=C4Sc5ccc6ccccc6c5N4C)c(=O)n3CC3CCCO3)C=CC=CN2C)cc1. The van der Waals surface area contributed by atoms with E-state index in [0.717, 1.165) is 44.8 Å². The van der Waals surface area contributed by atoms with Gasteiger partial charge < -0.3 is 14.5 Å². The van der Waals surface area contributed by atoms with Gasteiger partial charge in [0.15, 0.2) is 0 Å². The molecule has 4 aromatic rings. The maximum atomic E-state index is 14.3. The van der Waals surface area contributed by atoms with Crippen LogP contribution in [0.15, 0.2) is 99.7 Å². The molecule has 232 valence electrons. The van der Waals surface area contributed by atoms with E-state index in [0.29, 0.717) is 22.3 Å². The number of hydrogen-bond acceptors (Lipinski definition) is 9. The van der Waals surface area contributed by atoms with E-state index >= 15 is 0 Å². The highest BCUT2D eigenvalue weighted by molar-refractivity contribution is 8.08. The van der Waals surface area contributed by atoms with Crippen molar-refractivity contribution in [2.75, 3.05) is 25.6 Å². The fraction of sp³-hybridized carbons (Fsp3) is 0.265. The molecule has 3 aromatic carbocycles. The lowest BCUT2D eigenvalue weighted by atomic mass is 10.1. The molecule has 0 N–H and O–H groups in total. The number of ether oxygens (including phenoxy) is 1. The van der Waals surface area contributed by atoms with Crippen molar-refractivity contribution in [2.45, 2.75) is 47.9 Å². The highest BCUT2D eigenvalue weighted by Gasteiger charge is 2.38. The van der Waals surface area contributed by atoms with Crippen LogP contribution in [0.2, 0.25) is 0 Å². The molecule has 0 bridgehead atoms. The van der Waals surface area contributed by atoms with Crippen molar-refractivity contribution in [3.05, 3.63) is 110 Å². The first-order valence-electron chi connectivity index (χ1n) is 14.8. The second-order valence-corrected chi connectivity index (χ2v) is 15.1. The Labute approximate surface area is 270 Å². The summed E-state index contributed by atoms with van der Waals surface area (Å²) in [6, 6.07) is 19.0. The van der Waals surface area contributed by atoms with Crippen molar-refractivity contribution in [1.82, 2.24) is 9.47 Å². The normalized spacial score (nSPS) is 23.0. The summed E-state index contributed by atoms with van der Waals surface area (Å²) in [4.78, 5) is 19.3. The first-order chi connectivity index (χ1) is 21.6. The van der Waals surface area contributed by atoms with Crippen LogP contribution in [0, 0.1) is 6.92 Å². The van der Waals surface area contributed by atoms with Crippen LogP contribution in [-0.2, 0) is 25.6 Å². The number of aromatic nitrogens is 1. The van der Waals surface area contributed by atoms with Gasteiger partial charge in [0.1, 0.15) is 9.56 Å². The highest BCUT2D eigenvalue weighted by Crippen LogP contribution is 2.48. The zero-order valence-electron chi connectivity index (χ0n) is 25.2. The smallest absolute Gasteiger partial charge is 0.299 e. The average molecular weight is 660 g/mol. The number of anilines is 1. The minimum Gasteiger partial charge on any atom is -0.376 e. The molecule has 0 aliphatic carbocycles. The summed E-state index contributed by atoms with van der Waals surface area (Å²) in [5, 5.41) is 3.10. The summed E-state index contributed by atoms with van der Waals surface area (Å²) in [6.07, 6.45) is 10.5. The molecule has 2 unspecified atom stereocenters. The Bertz CT molecular complexity index is 2150.